The molecule has 1 atom stereocenters. The van der Waals surface area contributed by atoms with Gasteiger partial charge in [0.05, 0.1) is 6.04 Å². The van der Waals surface area contributed by atoms with Gasteiger partial charge in [-0.2, -0.15) is 0 Å². The second-order valence-electron chi connectivity index (χ2n) is 6.50. The summed E-state index contributed by atoms with van der Waals surface area (Å²) >= 11 is 3.30. The third-order valence-electron chi connectivity index (χ3n) is 3.19. The molecule has 1 aromatic carbocycles. The van der Waals surface area contributed by atoms with Gasteiger partial charge in [0.1, 0.15) is 11.1 Å². The Balaban J connectivity index is 2.40. The maximum Gasteiger partial charge on any atom is 0.408 e. The number of carbonyl (C=O) groups is 1. The van der Waals surface area contributed by atoms with Crippen LogP contribution in [0.15, 0.2) is 22.7 Å². The van der Waals surface area contributed by atoms with Gasteiger partial charge in [0.15, 0.2) is 5.82 Å². The number of aromatic nitrogens is 1. The van der Waals surface area contributed by atoms with E-state index in [-0.39, 0.29) is 6.04 Å². The molecule has 0 aliphatic heterocycles. The number of hydrogen-bond acceptors (Lipinski definition) is 3. The number of halogens is 2. The van der Waals surface area contributed by atoms with Gasteiger partial charge in [-0.3, -0.25) is 4.98 Å². The number of nitrogens with one attached hydrogen (secondary N) is 1. The average molecular weight is 383 g/mol. The number of carbonyl (C=O) groups excluding carboxylic acids is 1. The molecule has 0 aliphatic rings. The van der Waals surface area contributed by atoms with Crippen LogP contribution in [0, 0.1) is 12.7 Å². The summed E-state index contributed by atoms with van der Waals surface area (Å²) in [5.41, 5.74) is 1.20. The molecular weight excluding hydrogens is 363 g/mol. The van der Waals surface area contributed by atoms with Crippen molar-refractivity contribution in [3.05, 3.63) is 39.7 Å². The lowest BCUT2D eigenvalue weighted by molar-refractivity contribution is 0.0508. The monoisotopic (exact) mass is 382 g/mol. The van der Waals surface area contributed by atoms with Gasteiger partial charge in [-0.05, 0) is 58.4 Å². The Morgan fingerprint density at radius 1 is 1.35 bits per heavy atom. The van der Waals surface area contributed by atoms with E-state index in [1.165, 1.54) is 6.07 Å². The lowest BCUT2D eigenvalue weighted by Crippen LogP contribution is -2.34. The van der Waals surface area contributed by atoms with Crippen LogP contribution in [0.5, 0.6) is 0 Å². The number of hydrogen-bond donors (Lipinski definition) is 1. The van der Waals surface area contributed by atoms with E-state index in [0.29, 0.717) is 21.1 Å². The second-order valence-corrected chi connectivity index (χ2v) is 7.42. The minimum absolute atomic E-state index is 0.293. The fourth-order valence-electron chi connectivity index (χ4n) is 2.33. The van der Waals surface area contributed by atoms with Crippen molar-refractivity contribution in [1.82, 2.24) is 10.3 Å². The second kappa shape index (κ2) is 6.43. The van der Waals surface area contributed by atoms with Gasteiger partial charge in [-0.1, -0.05) is 15.9 Å². The Bertz CT molecular complexity index is 756. The maximum atomic E-state index is 14.2. The molecular formula is C17H20BrFN2O2. The highest BCUT2D eigenvalue weighted by atomic mass is 79.9. The van der Waals surface area contributed by atoms with Gasteiger partial charge in [0.2, 0.25) is 0 Å². The molecule has 0 saturated carbocycles. The molecule has 124 valence electrons. The highest BCUT2D eigenvalue weighted by Crippen LogP contribution is 2.29. The number of amides is 1. The Morgan fingerprint density at radius 2 is 2.00 bits per heavy atom. The molecule has 2 aromatic rings. The van der Waals surface area contributed by atoms with Gasteiger partial charge < -0.3 is 10.1 Å². The first kappa shape index (κ1) is 17.7. The highest BCUT2D eigenvalue weighted by molar-refractivity contribution is 9.10. The van der Waals surface area contributed by atoms with Crippen molar-refractivity contribution in [1.29, 1.82) is 0 Å². The molecule has 23 heavy (non-hydrogen) atoms. The van der Waals surface area contributed by atoms with Gasteiger partial charge in [0, 0.05) is 15.6 Å². The molecule has 0 bridgehead atoms. The fraction of sp³-hybridized carbons (Fsp3) is 0.412. The van der Waals surface area contributed by atoms with E-state index in [4.69, 9.17) is 4.74 Å². The van der Waals surface area contributed by atoms with Crippen LogP contribution in [-0.4, -0.2) is 16.7 Å². The van der Waals surface area contributed by atoms with Crippen LogP contribution in [0.3, 0.4) is 0 Å². The maximum absolute atomic E-state index is 14.2. The molecule has 1 amide bonds. The predicted molar refractivity (Wildman–Crippen MR) is 91.9 cm³/mol. The van der Waals surface area contributed by atoms with Crippen LogP contribution in [-0.2, 0) is 4.74 Å². The zero-order chi connectivity index (χ0) is 17.4. The number of rotatable bonds is 2. The summed E-state index contributed by atoms with van der Waals surface area (Å²) in [5.74, 6) is -0.399. The van der Waals surface area contributed by atoms with E-state index in [1.54, 1.807) is 33.8 Å². The van der Waals surface area contributed by atoms with Crippen molar-refractivity contribution in [2.75, 3.05) is 0 Å². The molecule has 0 radical (unpaired) electrons. The lowest BCUT2D eigenvalue weighted by atomic mass is 10.0. The molecule has 2 rings (SSSR count). The van der Waals surface area contributed by atoms with Crippen LogP contribution in [0.2, 0.25) is 0 Å². The predicted octanol–water partition coefficient (Wildman–Crippen LogP) is 5.03. The molecule has 1 N–H and O–H groups in total. The molecule has 1 aromatic heterocycles. The molecule has 0 saturated heterocycles. The van der Waals surface area contributed by atoms with Crippen molar-refractivity contribution in [2.45, 2.75) is 46.3 Å². The highest BCUT2D eigenvalue weighted by Gasteiger charge is 2.20. The number of pyridine rings is 1. The summed E-state index contributed by atoms with van der Waals surface area (Å²) in [6.45, 7) is 9.03. The van der Waals surface area contributed by atoms with E-state index in [9.17, 15) is 9.18 Å². The summed E-state index contributed by atoms with van der Waals surface area (Å²) in [6.07, 6.45) is -0.511. The Labute approximate surface area is 143 Å². The largest absolute Gasteiger partial charge is 0.444 e. The molecule has 4 nitrogen and oxygen atoms in total. The van der Waals surface area contributed by atoms with Crippen molar-refractivity contribution in [2.24, 2.45) is 0 Å². The summed E-state index contributed by atoms with van der Waals surface area (Å²) < 4.78 is 20.0. The number of alkyl carbamates (subject to hydrolysis) is 1. The van der Waals surface area contributed by atoms with E-state index in [1.807, 2.05) is 13.0 Å². The smallest absolute Gasteiger partial charge is 0.408 e. The summed E-state index contributed by atoms with van der Waals surface area (Å²) in [5, 5.41) is 3.44. The van der Waals surface area contributed by atoms with Crippen molar-refractivity contribution >= 4 is 32.9 Å². The number of ether oxygens (including phenoxy) is 1. The Morgan fingerprint density at radius 3 is 2.61 bits per heavy atom. The van der Waals surface area contributed by atoms with Gasteiger partial charge in [0.25, 0.3) is 0 Å². The van der Waals surface area contributed by atoms with Gasteiger partial charge in [-0.15, -0.1) is 0 Å². The Hall–Kier alpha value is -1.69. The summed E-state index contributed by atoms with van der Waals surface area (Å²) in [7, 11) is 0. The van der Waals surface area contributed by atoms with Crippen LogP contribution in [0.4, 0.5) is 9.18 Å². The first-order valence-electron chi connectivity index (χ1n) is 7.32. The van der Waals surface area contributed by atoms with E-state index < -0.39 is 17.5 Å². The molecule has 0 spiro atoms. The zero-order valence-corrected chi connectivity index (χ0v) is 15.4. The normalized spacial score (nSPS) is 13.0. The molecule has 6 heteroatoms. The first-order valence-corrected chi connectivity index (χ1v) is 8.12. The van der Waals surface area contributed by atoms with E-state index in [2.05, 4.69) is 26.2 Å². The quantitative estimate of drug-likeness (QED) is 0.791. The average Bonchev–Trinajstić information content (AvgIpc) is 2.36. The van der Waals surface area contributed by atoms with Gasteiger partial charge >= 0.3 is 6.09 Å². The first-order chi connectivity index (χ1) is 10.6. The van der Waals surface area contributed by atoms with Gasteiger partial charge in [-0.25, -0.2) is 9.18 Å². The van der Waals surface area contributed by atoms with Crippen molar-refractivity contribution < 1.29 is 13.9 Å². The molecule has 1 unspecified atom stereocenters. The lowest BCUT2D eigenvalue weighted by Gasteiger charge is -2.23. The minimum Gasteiger partial charge on any atom is -0.444 e. The fourth-order valence-corrected chi connectivity index (χ4v) is 2.76. The standard InChI is InChI=1S/C17H20BrFN2O2/c1-9-6-12(10(2)21-16(22)23-17(3,4)5)13-7-11(18)8-14(19)15(13)20-9/h6-8,10H,1-5H3,(H,21,22). The summed E-state index contributed by atoms with van der Waals surface area (Å²) in [4.78, 5) is 16.2. The van der Waals surface area contributed by atoms with Crippen LogP contribution < -0.4 is 5.32 Å². The molecule has 0 fully saturated rings. The van der Waals surface area contributed by atoms with Crippen molar-refractivity contribution in [3.63, 3.8) is 0 Å². The third kappa shape index (κ3) is 4.41. The van der Waals surface area contributed by atoms with E-state index in [0.717, 1.165) is 5.56 Å². The number of aryl methyl sites for hydroxylation is 1. The van der Waals surface area contributed by atoms with Crippen LogP contribution in [0.1, 0.15) is 45.0 Å². The van der Waals surface area contributed by atoms with Crippen LogP contribution in [0.25, 0.3) is 10.9 Å². The number of nitrogens with zero attached hydrogens (tertiary/aromatic N) is 1. The Kier molecular flexibility index (Phi) is 4.94. The van der Waals surface area contributed by atoms with Crippen LogP contribution >= 0.6 is 15.9 Å². The SMILES string of the molecule is Cc1cc(C(C)NC(=O)OC(C)(C)C)c2cc(Br)cc(F)c2n1. The third-order valence-corrected chi connectivity index (χ3v) is 3.65. The number of fused-ring (bicyclic) bond motifs is 1. The minimum atomic E-state index is -0.574. The topological polar surface area (TPSA) is 51.2 Å². The number of benzene rings is 1. The summed E-state index contributed by atoms with van der Waals surface area (Å²) in [6, 6.07) is 4.68. The molecule has 0 aliphatic carbocycles. The zero-order valence-electron chi connectivity index (χ0n) is 13.8. The molecule has 1 heterocycles. The van der Waals surface area contributed by atoms with Crippen molar-refractivity contribution in [3.8, 4) is 0 Å². The van der Waals surface area contributed by atoms with E-state index >= 15 is 0 Å².